The van der Waals surface area contributed by atoms with Crippen molar-refractivity contribution in [3.8, 4) is 10.7 Å². The Kier molecular flexibility index (Phi) is 4.73. The second kappa shape index (κ2) is 7.31. The smallest absolute Gasteiger partial charge is 0.263 e. The van der Waals surface area contributed by atoms with Crippen molar-refractivity contribution in [1.82, 2.24) is 20.3 Å². The summed E-state index contributed by atoms with van der Waals surface area (Å²) in [7, 11) is 0. The summed E-state index contributed by atoms with van der Waals surface area (Å²) in [6.45, 7) is 2.40. The maximum absolute atomic E-state index is 12.5. The van der Waals surface area contributed by atoms with Crippen LogP contribution < -0.4 is 5.32 Å². The van der Waals surface area contributed by atoms with E-state index in [-0.39, 0.29) is 5.91 Å². The van der Waals surface area contributed by atoms with Gasteiger partial charge >= 0.3 is 0 Å². The number of rotatable bonds is 5. The van der Waals surface area contributed by atoms with Gasteiger partial charge in [0.2, 0.25) is 0 Å². The number of aromatic nitrogens is 3. The Bertz CT molecular complexity index is 1020. The number of para-hydroxylation sites is 1. The Morgan fingerprint density at radius 3 is 2.73 bits per heavy atom. The van der Waals surface area contributed by atoms with Gasteiger partial charge in [-0.15, -0.1) is 22.7 Å². The third kappa shape index (κ3) is 3.49. The molecule has 0 fully saturated rings. The fourth-order valence-corrected chi connectivity index (χ4v) is 4.52. The highest BCUT2D eigenvalue weighted by Gasteiger charge is 2.16. The van der Waals surface area contributed by atoms with Gasteiger partial charge in [0.1, 0.15) is 9.88 Å². The topological polar surface area (TPSA) is 67.8 Å². The fourth-order valence-electron chi connectivity index (χ4n) is 2.60. The lowest BCUT2D eigenvalue weighted by molar-refractivity contribution is 0.0957. The monoisotopic (exact) mass is 380 g/mol. The molecular formula is C19H16N4OS2. The number of pyridine rings is 1. The number of hydrogen-bond donors (Lipinski definition) is 1. The summed E-state index contributed by atoms with van der Waals surface area (Å²) in [5, 5.41) is 4.77. The van der Waals surface area contributed by atoms with E-state index in [4.69, 9.17) is 0 Å². The van der Waals surface area contributed by atoms with Crippen LogP contribution in [0.25, 0.3) is 20.9 Å². The highest BCUT2D eigenvalue weighted by molar-refractivity contribution is 7.18. The Labute approximate surface area is 158 Å². The molecule has 0 radical (unpaired) electrons. The van der Waals surface area contributed by atoms with Crippen LogP contribution in [0, 0.1) is 6.92 Å². The molecule has 5 nitrogen and oxygen atoms in total. The average Bonchev–Trinajstić information content (AvgIpc) is 3.25. The quantitative estimate of drug-likeness (QED) is 0.566. The summed E-state index contributed by atoms with van der Waals surface area (Å²) in [6, 6.07) is 13.7. The van der Waals surface area contributed by atoms with E-state index in [1.54, 1.807) is 17.5 Å². The molecule has 130 valence electrons. The van der Waals surface area contributed by atoms with Crippen LogP contribution in [0.2, 0.25) is 0 Å². The second-order valence-electron chi connectivity index (χ2n) is 5.73. The number of thiazole rings is 2. The van der Waals surface area contributed by atoms with Crippen LogP contribution in [0.1, 0.15) is 20.4 Å². The highest BCUT2D eigenvalue weighted by Crippen LogP contribution is 2.26. The molecule has 0 bridgehead atoms. The van der Waals surface area contributed by atoms with Crippen LogP contribution in [0.15, 0.2) is 48.7 Å². The number of carbonyl (C=O) groups is 1. The van der Waals surface area contributed by atoms with Crippen LogP contribution in [0.3, 0.4) is 0 Å². The minimum absolute atomic E-state index is 0.0942. The van der Waals surface area contributed by atoms with Gasteiger partial charge in [0.05, 0.1) is 26.6 Å². The van der Waals surface area contributed by atoms with Crippen LogP contribution in [0.5, 0.6) is 0 Å². The number of hydrogen-bond acceptors (Lipinski definition) is 6. The van der Waals surface area contributed by atoms with Crippen molar-refractivity contribution in [3.63, 3.8) is 0 Å². The molecule has 4 rings (SSSR count). The molecule has 3 aromatic heterocycles. The lowest BCUT2D eigenvalue weighted by atomic mass is 10.3. The van der Waals surface area contributed by atoms with E-state index in [9.17, 15) is 4.79 Å². The molecule has 7 heteroatoms. The molecule has 0 atom stereocenters. The number of nitrogens with one attached hydrogen (secondary N) is 1. The summed E-state index contributed by atoms with van der Waals surface area (Å²) in [5.41, 5.74) is 2.53. The molecule has 1 amide bonds. The van der Waals surface area contributed by atoms with Gasteiger partial charge in [-0.3, -0.25) is 9.78 Å². The molecule has 1 aromatic carbocycles. The molecule has 4 aromatic rings. The number of nitrogens with zero attached hydrogens (tertiary/aromatic N) is 3. The third-order valence-electron chi connectivity index (χ3n) is 3.85. The second-order valence-corrected chi connectivity index (χ2v) is 7.84. The molecule has 0 spiro atoms. The van der Waals surface area contributed by atoms with Crippen LogP contribution in [0.4, 0.5) is 0 Å². The zero-order valence-electron chi connectivity index (χ0n) is 14.1. The predicted octanol–water partition coefficient (Wildman–Crippen LogP) is 4.10. The highest BCUT2D eigenvalue weighted by atomic mass is 32.1. The zero-order valence-corrected chi connectivity index (χ0v) is 15.7. The summed E-state index contributed by atoms with van der Waals surface area (Å²) in [5.74, 6) is -0.0942. The number of amides is 1. The molecule has 3 heterocycles. The Balaban J connectivity index is 1.41. The Morgan fingerprint density at radius 1 is 1.08 bits per heavy atom. The maximum Gasteiger partial charge on any atom is 0.263 e. The molecule has 0 saturated heterocycles. The summed E-state index contributed by atoms with van der Waals surface area (Å²) in [4.78, 5) is 26.5. The first-order valence-corrected chi connectivity index (χ1v) is 9.85. The summed E-state index contributed by atoms with van der Waals surface area (Å²) < 4.78 is 1.17. The standard InChI is InChI=1S/C19H16N4OS2/c1-12-17(26-19(22-12)14-7-4-5-10-20-14)18(24)21-11-9-16-23-13-6-2-3-8-15(13)25-16/h2-8,10H,9,11H2,1H3,(H,21,24). The summed E-state index contributed by atoms with van der Waals surface area (Å²) >= 11 is 3.04. The van der Waals surface area contributed by atoms with E-state index >= 15 is 0 Å². The molecule has 0 unspecified atom stereocenters. The third-order valence-corrected chi connectivity index (χ3v) is 6.12. The van der Waals surface area contributed by atoms with E-state index in [0.29, 0.717) is 11.4 Å². The fraction of sp³-hybridized carbons (Fsp3) is 0.158. The first-order chi connectivity index (χ1) is 12.7. The SMILES string of the molecule is Cc1nc(-c2ccccn2)sc1C(=O)NCCc1nc2ccccc2s1. The Morgan fingerprint density at radius 2 is 1.92 bits per heavy atom. The van der Waals surface area contributed by atoms with Crippen LogP contribution >= 0.6 is 22.7 Å². The molecule has 0 saturated carbocycles. The van der Waals surface area contributed by atoms with E-state index in [1.807, 2.05) is 43.3 Å². The number of fused-ring (bicyclic) bond motifs is 1. The average molecular weight is 380 g/mol. The normalized spacial score (nSPS) is 11.0. The van der Waals surface area contributed by atoms with Gasteiger partial charge in [-0.25, -0.2) is 9.97 Å². The van der Waals surface area contributed by atoms with Crippen LogP contribution in [-0.4, -0.2) is 27.4 Å². The first-order valence-electron chi connectivity index (χ1n) is 8.22. The van der Waals surface area contributed by atoms with Crippen molar-refractivity contribution < 1.29 is 4.79 Å². The minimum Gasteiger partial charge on any atom is -0.351 e. The van der Waals surface area contributed by atoms with Crippen LogP contribution in [-0.2, 0) is 6.42 Å². The Hall–Kier alpha value is -2.64. The largest absolute Gasteiger partial charge is 0.351 e. The van der Waals surface area contributed by atoms with Crippen molar-refractivity contribution in [1.29, 1.82) is 0 Å². The number of carbonyl (C=O) groups excluding carboxylic acids is 1. The van der Waals surface area contributed by atoms with E-state index in [2.05, 4.69) is 26.3 Å². The van der Waals surface area contributed by atoms with E-state index in [1.165, 1.54) is 16.0 Å². The van der Waals surface area contributed by atoms with Crippen molar-refractivity contribution in [2.45, 2.75) is 13.3 Å². The maximum atomic E-state index is 12.5. The molecule has 1 N–H and O–H groups in total. The van der Waals surface area contributed by atoms with E-state index < -0.39 is 0 Å². The van der Waals surface area contributed by atoms with Crippen molar-refractivity contribution in [2.75, 3.05) is 6.54 Å². The van der Waals surface area contributed by atoms with Gasteiger partial charge in [0, 0.05) is 19.2 Å². The lowest BCUT2D eigenvalue weighted by Gasteiger charge is -2.02. The number of aryl methyl sites for hydroxylation is 1. The molecule has 26 heavy (non-hydrogen) atoms. The summed E-state index contributed by atoms with van der Waals surface area (Å²) in [6.07, 6.45) is 2.44. The molecule has 0 aliphatic rings. The van der Waals surface area contributed by atoms with Gasteiger partial charge in [0.25, 0.3) is 5.91 Å². The van der Waals surface area contributed by atoms with Crippen molar-refractivity contribution in [3.05, 3.63) is 64.2 Å². The van der Waals surface area contributed by atoms with Gasteiger partial charge in [-0.1, -0.05) is 18.2 Å². The minimum atomic E-state index is -0.0942. The van der Waals surface area contributed by atoms with Gasteiger partial charge in [-0.05, 0) is 31.2 Å². The number of benzene rings is 1. The van der Waals surface area contributed by atoms with Crippen molar-refractivity contribution >= 4 is 38.8 Å². The molecular weight excluding hydrogens is 364 g/mol. The lowest BCUT2D eigenvalue weighted by Crippen LogP contribution is -2.25. The molecule has 0 aliphatic carbocycles. The van der Waals surface area contributed by atoms with Gasteiger partial charge < -0.3 is 5.32 Å². The van der Waals surface area contributed by atoms with Gasteiger partial charge in [-0.2, -0.15) is 0 Å². The van der Waals surface area contributed by atoms with Gasteiger partial charge in [0.15, 0.2) is 0 Å². The zero-order chi connectivity index (χ0) is 17.9. The van der Waals surface area contributed by atoms with Crippen molar-refractivity contribution in [2.24, 2.45) is 0 Å². The molecule has 0 aliphatic heterocycles. The first kappa shape index (κ1) is 16.8. The predicted molar refractivity (Wildman–Crippen MR) is 106 cm³/mol. The van der Waals surface area contributed by atoms with E-state index in [0.717, 1.165) is 33.3 Å².